The number of ether oxygens (including phenoxy) is 2. The molecule has 1 saturated heterocycles. The molecule has 2 aromatic rings. The van der Waals surface area contributed by atoms with Crippen molar-refractivity contribution in [2.75, 3.05) is 0 Å². The molecule has 0 radical (unpaired) electrons. The maximum absolute atomic E-state index is 12.8. The molecule has 194 valence electrons. The standard InChI is InChI=1S/C29H38N2O5/c1-7-20-11-13-22(14-12-20)19-31-25(32)24(30-27(31)34)10-8-9-21-15-17-23(18-16-21)35-29(5,6)26(33)36-28(2,3)4/h11-18,24H,7-10,19H2,1-6H3,(H,30,34). The second kappa shape index (κ2) is 11.1. The van der Waals surface area contributed by atoms with Gasteiger partial charge < -0.3 is 14.8 Å². The number of nitrogens with one attached hydrogen (secondary N) is 1. The number of benzene rings is 2. The topological polar surface area (TPSA) is 84.9 Å². The van der Waals surface area contributed by atoms with E-state index in [0.717, 1.165) is 30.4 Å². The van der Waals surface area contributed by atoms with E-state index < -0.39 is 23.2 Å². The van der Waals surface area contributed by atoms with Crippen LogP contribution in [-0.4, -0.2) is 40.1 Å². The fourth-order valence-electron chi connectivity index (χ4n) is 3.96. The number of nitrogens with zero attached hydrogens (tertiary/aromatic N) is 1. The summed E-state index contributed by atoms with van der Waals surface area (Å²) in [6.07, 6.45) is 3.03. The summed E-state index contributed by atoms with van der Waals surface area (Å²) >= 11 is 0. The van der Waals surface area contributed by atoms with E-state index in [0.29, 0.717) is 12.2 Å². The van der Waals surface area contributed by atoms with E-state index in [4.69, 9.17) is 9.47 Å². The number of carbonyl (C=O) groups is 3. The number of hydrogen-bond donors (Lipinski definition) is 1. The van der Waals surface area contributed by atoms with Gasteiger partial charge in [0, 0.05) is 0 Å². The molecule has 36 heavy (non-hydrogen) atoms. The number of hydrogen-bond acceptors (Lipinski definition) is 5. The number of rotatable bonds is 10. The van der Waals surface area contributed by atoms with Crippen molar-refractivity contribution in [2.24, 2.45) is 0 Å². The Hall–Kier alpha value is -3.35. The molecule has 0 spiro atoms. The molecule has 1 heterocycles. The van der Waals surface area contributed by atoms with Crippen molar-refractivity contribution in [3.05, 3.63) is 65.2 Å². The van der Waals surface area contributed by atoms with Crippen molar-refractivity contribution in [3.63, 3.8) is 0 Å². The summed E-state index contributed by atoms with van der Waals surface area (Å²) in [6.45, 7) is 11.2. The SMILES string of the molecule is CCc1ccc(CN2C(=O)NC(CCCc3ccc(OC(C)(C)C(=O)OC(C)(C)C)cc3)C2=O)cc1. The van der Waals surface area contributed by atoms with Gasteiger partial charge in [-0.3, -0.25) is 9.69 Å². The highest BCUT2D eigenvalue weighted by Gasteiger charge is 2.37. The molecule has 7 heteroatoms. The summed E-state index contributed by atoms with van der Waals surface area (Å²) in [4.78, 5) is 38.9. The van der Waals surface area contributed by atoms with Crippen LogP contribution >= 0.6 is 0 Å². The summed E-state index contributed by atoms with van der Waals surface area (Å²) in [5, 5.41) is 2.82. The van der Waals surface area contributed by atoms with Gasteiger partial charge in [-0.1, -0.05) is 43.3 Å². The van der Waals surface area contributed by atoms with Crippen LogP contribution in [-0.2, 0) is 33.7 Å². The average Bonchev–Trinajstić information content (AvgIpc) is 3.07. The van der Waals surface area contributed by atoms with Crippen LogP contribution in [0.3, 0.4) is 0 Å². The van der Waals surface area contributed by atoms with E-state index in [1.54, 1.807) is 13.8 Å². The molecule has 1 N–H and O–H groups in total. The summed E-state index contributed by atoms with van der Waals surface area (Å²) in [6, 6.07) is 14.7. The highest BCUT2D eigenvalue weighted by atomic mass is 16.6. The van der Waals surface area contributed by atoms with Crippen molar-refractivity contribution in [1.82, 2.24) is 10.2 Å². The van der Waals surface area contributed by atoms with Gasteiger partial charge in [-0.2, -0.15) is 0 Å². The van der Waals surface area contributed by atoms with Gasteiger partial charge in [0.15, 0.2) is 5.60 Å². The number of urea groups is 1. The van der Waals surface area contributed by atoms with Crippen LogP contribution in [0.25, 0.3) is 0 Å². The number of esters is 1. The van der Waals surface area contributed by atoms with Gasteiger partial charge in [0.1, 0.15) is 17.4 Å². The second-order valence-electron chi connectivity index (χ2n) is 10.7. The smallest absolute Gasteiger partial charge is 0.350 e. The monoisotopic (exact) mass is 494 g/mol. The summed E-state index contributed by atoms with van der Waals surface area (Å²) in [5.41, 5.74) is 1.55. The van der Waals surface area contributed by atoms with Crippen LogP contribution in [0.4, 0.5) is 4.79 Å². The Morgan fingerprint density at radius 1 is 0.917 bits per heavy atom. The third-order valence-electron chi connectivity index (χ3n) is 6.02. The van der Waals surface area contributed by atoms with Crippen LogP contribution in [0.2, 0.25) is 0 Å². The first-order valence-corrected chi connectivity index (χ1v) is 12.6. The largest absolute Gasteiger partial charge is 0.476 e. The highest BCUT2D eigenvalue weighted by Crippen LogP contribution is 2.23. The fourth-order valence-corrected chi connectivity index (χ4v) is 3.96. The average molecular weight is 495 g/mol. The van der Waals surface area contributed by atoms with Gasteiger partial charge in [0.05, 0.1) is 6.54 Å². The molecule has 3 rings (SSSR count). The number of carbonyl (C=O) groups excluding carboxylic acids is 3. The lowest BCUT2D eigenvalue weighted by Crippen LogP contribution is -2.43. The highest BCUT2D eigenvalue weighted by molar-refractivity contribution is 6.04. The zero-order valence-electron chi connectivity index (χ0n) is 22.2. The maximum atomic E-state index is 12.8. The fraction of sp³-hybridized carbons (Fsp3) is 0.483. The van der Waals surface area contributed by atoms with Crippen molar-refractivity contribution in [3.8, 4) is 5.75 Å². The Morgan fingerprint density at radius 3 is 2.08 bits per heavy atom. The van der Waals surface area contributed by atoms with Gasteiger partial charge in [-0.25, -0.2) is 9.59 Å². The lowest BCUT2D eigenvalue weighted by molar-refractivity contribution is -0.170. The van der Waals surface area contributed by atoms with E-state index in [2.05, 4.69) is 12.2 Å². The lowest BCUT2D eigenvalue weighted by atomic mass is 10.0. The molecule has 0 aromatic heterocycles. The minimum absolute atomic E-state index is 0.173. The minimum atomic E-state index is -1.11. The molecular weight excluding hydrogens is 456 g/mol. The van der Waals surface area contributed by atoms with E-state index in [-0.39, 0.29) is 18.5 Å². The van der Waals surface area contributed by atoms with Crippen LogP contribution in [0.15, 0.2) is 48.5 Å². The van der Waals surface area contributed by atoms with Gasteiger partial charge in [-0.15, -0.1) is 0 Å². The molecule has 0 bridgehead atoms. The molecule has 0 aliphatic carbocycles. The molecule has 2 aromatic carbocycles. The number of aryl methyl sites for hydroxylation is 2. The van der Waals surface area contributed by atoms with Crippen LogP contribution in [0.1, 0.15) is 71.1 Å². The lowest BCUT2D eigenvalue weighted by Gasteiger charge is -2.29. The predicted octanol–water partition coefficient (Wildman–Crippen LogP) is 5.19. The molecule has 7 nitrogen and oxygen atoms in total. The van der Waals surface area contributed by atoms with Crippen molar-refractivity contribution < 1.29 is 23.9 Å². The van der Waals surface area contributed by atoms with Gasteiger partial charge >= 0.3 is 12.0 Å². The minimum Gasteiger partial charge on any atom is -0.476 e. The first kappa shape index (κ1) is 27.2. The van der Waals surface area contributed by atoms with Gasteiger partial charge in [0.25, 0.3) is 5.91 Å². The summed E-state index contributed by atoms with van der Waals surface area (Å²) in [5.74, 6) is -0.0162. The zero-order chi connectivity index (χ0) is 26.5. The van der Waals surface area contributed by atoms with Gasteiger partial charge in [-0.05, 0) is 89.1 Å². The second-order valence-corrected chi connectivity index (χ2v) is 10.7. The van der Waals surface area contributed by atoms with Gasteiger partial charge in [0.2, 0.25) is 0 Å². The Labute approximate surface area is 214 Å². The normalized spacial score (nSPS) is 16.2. The third kappa shape index (κ3) is 7.33. The van der Waals surface area contributed by atoms with Crippen molar-refractivity contribution in [1.29, 1.82) is 0 Å². The first-order chi connectivity index (χ1) is 16.9. The molecule has 1 fully saturated rings. The van der Waals surface area contributed by atoms with E-state index in [1.807, 2.05) is 69.3 Å². The van der Waals surface area contributed by atoms with E-state index in [9.17, 15) is 14.4 Å². The Morgan fingerprint density at radius 2 is 1.50 bits per heavy atom. The van der Waals surface area contributed by atoms with Crippen LogP contribution < -0.4 is 10.1 Å². The first-order valence-electron chi connectivity index (χ1n) is 12.6. The molecule has 1 aliphatic heterocycles. The van der Waals surface area contributed by atoms with Crippen molar-refractivity contribution >= 4 is 17.9 Å². The van der Waals surface area contributed by atoms with Crippen LogP contribution in [0, 0.1) is 0 Å². The molecular formula is C29H38N2O5. The molecule has 1 atom stereocenters. The van der Waals surface area contributed by atoms with E-state index in [1.165, 1.54) is 10.5 Å². The number of amides is 3. The zero-order valence-corrected chi connectivity index (χ0v) is 22.2. The quantitative estimate of drug-likeness (QED) is 0.363. The Balaban J connectivity index is 1.48. The molecule has 1 aliphatic rings. The third-order valence-corrected chi connectivity index (χ3v) is 6.02. The van der Waals surface area contributed by atoms with Crippen LogP contribution in [0.5, 0.6) is 5.75 Å². The maximum Gasteiger partial charge on any atom is 0.350 e. The Bertz CT molecular complexity index is 1070. The molecule has 3 amide bonds. The summed E-state index contributed by atoms with van der Waals surface area (Å²) in [7, 11) is 0. The Kier molecular flexibility index (Phi) is 8.43. The number of imide groups is 1. The molecule has 0 saturated carbocycles. The predicted molar refractivity (Wildman–Crippen MR) is 139 cm³/mol. The van der Waals surface area contributed by atoms with Crippen molar-refractivity contribution in [2.45, 2.75) is 91.0 Å². The molecule has 1 unspecified atom stereocenters. The summed E-state index contributed by atoms with van der Waals surface area (Å²) < 4.78 is 11.3. The van der Waals surface area contributed by atoms with E-state index >= 15 is 0 Å².